The molecule has 0 bridgehead atoms. The van der Waals surface area contributed by atoms with Crippen LogP contribution in [0.5, 0.6) is 0 Å². The van der Waals surface area contributed by atoms with Crippen molar-refractivity contribution < 1.29 is 14.3 Å². The molecule has 0 spiro atoms. The minimum absolute atomic E-state index is 0.299. The van der Waals surface area contributed by atoms with Crippen LogP contribution in [0.25, 0.3) is 0 Å². The third kappa shape index (κ3) is 4.66. The second kappa shape index (κ2) is 8.54. The van der Waals surface area contributed by atoms with Crippen molar-refractivity contribution in [3.05, 3.63) is 82.5 Å². The predicted octanol–water partition coefficient (Wildman–Crippen LogP) is 4.83. The number of aryl methyl sites for hydroxylation is 1. The minimum Gasteiger partial charge on any atom is -0.465 e. The Labute approximate surface area is 167 Å². The lowest BCUT2D eigenvalue weighted by Gasteiger charge is -2.10. The number of benzene rings is 2. The quantitative estimate of drug-likeness (QED) is 0.605. The summed E-state index contributed by atoms with van der Waals surface area (Å²) in [4.78, 5) is 28.1. The molecule has 2 aromatic carbocycles. The van der Waals surface area contributed by atoms with Gasteiger partial charge in [-0.25, -0.2) is 9.78 Å². The van der Waals surface area contributed by atoms with Crippen LogP contribution in [0.2, 0.25) is 5.02 Å². The van der Waals surface area contributed by atoms with Gasteiger partial charge in [-0.1, -0.05) is 11.6 Å². The molecule has 28 heavy (non-hydrogen) atoms. The van der Waals surface area contributed by atoms with Crippen LogP contribution in [0.3, 0.4) is 0 Å². The number of carbonyl (C=O) groups is 2. The molecule has 0 radical (unpaired) electrons. The zero-order valence-electron chi connectivity index (χ0n) is 15.3. The van der Waals surface area contributed by atoms with Gasteiger partial charge in [-0.15, -0.1) is 0 Å². The Morgan fingerprint density at radius 2 is 1.71 bits per heavy atom. The molecule has 0 saturated carbocycles. The highest BCUT2D eigenvalue weighted by molar-refractivity contribution is 6.30. The normalized spacial score (nSPS) is 10.2. The van der Waals surface area contributed by atoms with Crippen LogP contribution in [0.1, 0.15) is 26.3 Å². The Bertz CT molecular complexity index is 1000. The van der Waals surface area contributed by atoms with Gasteiger partial charge in [-0.2, -0.15) is 0 Å². The predicted molar refractivity (Wildman–Crippen MR) is 109 cm³/mol. The van der Waals surface area contributed by atoms with E-state index in [1.807, 2.05) is 19.1 Å². The van der Waals surface area contributed by atoms with Gasteiger partial charge in [0, 0.05) is 22.6 Å². The van der Waals surface area contributed by atoms with Gasteiger partial charge in [0.1, 0.15) is 5.82 Å². The van der Waals surface area contributed by atoms with E-state index in [4.69, 9.17) is 11.6 Å². The van der Waals surface area contributed by atoms with Crippen molar-refractivity contribution >= 4 is 40.7 Å². The third-order valence-corrected chi connectivity index (χ3v) is 4.28. The molecule has 0 aliphatic rings. The van der Waals surface area contributed by atoms with Gasteiger partial charge in [0.2, 0.25) is 0 Å². The summed E-state index contributed by atoms with van der Waals surface area (Å²) in [5, 5.41) is 6.62. The minimum atomic E-state index is -0.430. The molecular formula is C21H18ClN3O3. The molecule has 0 unspecified atom stereocenters. The topological polar surface area (TPSA) is 80.3 Å². The van der Waals surface area contributed by atoms with E-state index in [1.165, 1.54) is 13.3 Å². The number of hydrogen-bond acceptors (Lipinski definition) is 5. The number of rotatable bonds is 5. The molecule has 1 heterocycles. The Morgan fingerprint density at radius 1 is 1.00 bits per heavy atom. The molecule has 0 aliphatic heterocycles. The zero-order valence-corrected chi connectivity index (χ0v) is 16.1. The summed E-state index contributed by atoms with van der Waals surface area (Å²) in [6, 6.07) is 15.4. The van der Waals surface area contributed by atoms with Crippen LogP contribution in [0.4, 0.5) is 17.2 Å². The van der Waals surface area contributed by atoms with E-state index in [9.17, 15) is 9.59 Å². The first-order valence-corrected chi connectivity index (χ1v) is 8.83. The van der Waals surface area contributed by atoms with E-state index in [2.05, 4.69) is 20.4 Å². The van der Waals surface area contributed by atoms with Gasteiger partial charge in [0.05, 0.1) is 18.2 Å². The number of amides is 1. The molecule has 0 fully saturated rings. The van der Waals surface area contributed by atoms with Crippen LogP contribution in [0.15, 0.2) is 60.8 Å². The summed E-state index contributed by atoms with van der Waals surface area (Å²) in [5.74, 6) is -0.113. The molecule has 2 N–H and O–H groups in total. The number of hydrogen-bond donors (Lipinski definition) is 2. The maximum absolute atomic E-state index is 12.4. The van der Waals surface area contributed by atoms with Gasteiger partial charge < -0.3 is 15.4 Å². The van der Waals surface area contributed by atoms with Crippen LogP contribution in [0, 0.1) is 6.92 Å². The average Bonchev–Trinajstić information content (AvgIpc) is 2.70. The molecule has 1 aromatic heterocycles. The monoisotopic (exact) mass is 395 g/mol. The second-order valence-electron chi connectivity index (χ2n) is 6.04. The fourth-order valence-corrected chi connectivity index (χ4v) is 2.74. The fraction of sp³-hybridized carbons (Fsp3) is 0.0952. The Morgan fingerprint density at radius 3 is 2.32 bits per heavy atom. The molecule has 3 rings (SSSR count). The standard InChI is InChI=1S/C21H18ClN3O3/c1-13-11-16(22)6-9-18(13)25-19-10-5-15(12-23-19)20(26)24-17-7-3-14(4-8-17)21(27)28-2/h3-12H,1-2H3,(H,23,25)(H,24,26). The number of esters is 1. The van der Waals surface area contributed by atoms with Crippen molar-refractivity contribution in [2.75, 3.05) is 17.7 Å². The van der Waals surface area contributed by atoms with E-state index >= 15 is 0 Å². The van der Waals surface area contributed by atoms with E-state index in [0.29, 0.717) is 27.7 Å². The van der Waals surface area contributed by atoms with Gasteiger partial charge >= 0.3 is 5.97 Å². The van der Waals surface area contributed by atoms with Gasteiger partial charge in [-0.3, -0.25) is 4.79 Å². The summed E-state index contributed by atoms with van der Waals surface area (Å²) in [7, 11) is 1.32. The number of aromatic nitrogens is 1. The lowest BCUT2D eigenvalue weighted by Crippen LogP contribution is -2.12. The number of nitrogens with one attached hydrogen (secondary N) is 2. The largest absolute Gasteiger partial charge is 0.465 e. The maximum Gasteiger partial charge on any atom is 0.337 e. The van der Waals surface area contributed by atoms with E-state index in [1.54, 1.807) is 42.5 Å². The summed E-state index contributed by atoms with van der Waals surface area (Å²) in [6.07, 6.45) is 1.49. The first-order valence-electron chi connectivity index (χ1n) is 8.45. The highest BCUT2D eigenvalue weighted by atomic mass is 35.5. The van der Waals surface area contributed by atoms with E-state index in [0.717, 1.165) is 11.3 Å². The molecular weight excluding hydrogens is 378 g/mol. The summed E-state index contributed by atoms with van der Waals surface area (Å²) in [5.41, 5.74) is 3.27. The summed E-state index contributed by atoms with van der Waals surface area (Å²) < 4.78 is 4.65. The highest BCUT2D eigenvalue weighted by Gasteiger charge is 2.09. The van der Waals surface area contributed by atoms with Crippen molar-refractivity contribution in [3.8, 4) is 0 Å². The fourth-order valence-electron chi connectivity index (χ4n) is 2.52. The molecule has 1 amide bonds. The van der Waals surface area contributed by atoms with Crippen molar-refractivity contribution in [3.63, 3.8) is 0 Å². The SMILES string of the molecule is COC(=O)c1ccc(NC(=O)c2ccc(Nc3ccc(Cl)cc3C)nc2)cc1. The lowest BCUT2D eigenvalue weighted by molar-refractivity contribution is 0.0600. The molecule has 3 aromatic rings. The van der Waals surface area contributed by atoms with Crippen LogP contribution in [-0.4, -0.2) is 24.0 Å². The van der Waals surface area contributed by atoms with Gasteiger partial charge in [0.25, 0.3) is 5.91 Å². The first kappa shape index (κ1) is 19.4. The zero-order chi connectivity index (χ0) is 20.1. The van der Waals surface area contributed by atoms with Crippen LogP contribution < -0.4 is 10.6 Å². The average molecular weight is 396 g/mol. The summed E-state index contributed by atoms with van der Waals surface area (Å²) in [6.45, 7) is 1.95. The lowest BCUT2D eigenvalue weighted by atomic mass is 10.2. The first-order chi connectivity index (χ1) is 13.5. The number of anilines is 3. The van der Waals surface area contributed by atoms with Crippen molar-refractivity contribution in [1.29, 1.82) is 0 Å². The van der Waals surface area contributed by atoms with E-state index < -0.39 is 5.97 Å². The highest BCUT2D eigenvalue weighted by Crippen LogP contribution is 2.22. The summed E-state index contributed by atoms with van der Waals surface area (Å²) >= 11 is 5.96. The third-order valence-electron chi connectivity index (χ3n) is 4.04. The Kier molecular flexibility index (Phi) is 5.91. The van der Waals surface area contributed by atoms with Crippen LogP contribution in [-0.2, 0) is 4.74 Å². The number of methoxy groups -OCH3 is 1. The van der Waals surface area contributed by atoms with Gasteiger partial charge in [-0.05, 0) is 67.1 Å². The Hall–Kier alpha value is -3.38. The van der Waals surface area contributed by atoms with Crippen molar-refractivity contribution in [1.82, 2.24) is 4.98 Å². The number of pyridine rings is 1. The smallest absolute Gasteiger partial charge is 0.337 e. The van der Waals surface area contributed by atoms with Crippen molar-refractivity contribution in [2.24, 2.45) is 0 Å². The molecule has 0 aliphatic carbocycles. The molecule has 142 valence electrons. The Balaban J connectivity index is 1.65. The number of carbonyl (C=O) groups excluding carboxylic acids is 2. The van der Waals surface area contributed by atoms with Crippen LogP contribution >= 0.6 is 11.6 Å². The van der Waals surface area contributed by atoms with E-state index in [-0.39, 0.29) is 5.91 Å². The maximum atomic E-state index is 12.4. The molecule has 0 saturated heterocycles. The molecule has 0 atom stereocenters. The number of ether oxygens (including phenoxy) is 1. The van der Waals surface area contributed by atoms with Crippen molar-refractivity contribution in [2.45, 2.75) is 6.92 Å². The molecule has 6 nitrogen and oxygen atoms in total. The van der Waals surface area contributed by atoms with Gasteiger partial charge in [0.15, 0.2) is 0 Å². The molecule has 7 heteroatoms. The second-order valence-corrected chi connectivity index (χ2v) is 6.48. The number of halogens is 1. The number of nitrogens with zero attached hydrogens (tertiary/aromatic N) is 1.